The molecule has 27 heavy (non-hydrogen) atoms. The molecule has 144 valence electrons. The van der Waals surface area contributed by atoms with Crippen LogP contribution in [0.5, 0.6) is 0 Å². The standard InChI is InChI=1S/C21H27FN4O/c1-21(7-3-9-26(16-21)18-5-2-4-17(22)14-18)24-20-15-19(6-8-23-20)25-10-12-27-13-11-25/h2,4-6,8,14-15H,3,7,9-13,16H2,1H3,(H,23,24). The number of ether oxygens (including phenoxy) is 1. The SMILES string of the molecule is CC1(Nc2cc(N3CCOCC3)ccn2)CCCN(c2cccc(F)c2)C1. The molecule has 0 saturated carbocycles. The number of rotatable bonds is 4. The molecule has 0 spiro atoms. The Morgan fingerprint density at radius 3 is 2.70 bits per heavy atom. The number of morpholine rings is 1. The van der Waals surface area contributed by atoms with Crippen LogP contribution in [-0.2, 0) is 4.74 Å². The average molecular weight is 370 g/mol. The summed E-state index contributed by atoms with van der Waals surface area (Å²) in [6.45, 7) is 7.35. The first-order valence-corrected chi connectivity index (χ1v) is 9.69. The summed E-state index contributed by atoms with van der Waals surface area (Å²) in [7, 11) is 0. The highest BCUT2D eigenvalue weighted by Gasteiger charge is 2.31. The van der Waals surface area contributed by atoms with Crippen molar-refractivity contribution >= 4 is 17.2 Å². The highest BCUT2D eigenvalue weighted by Crippen LogP contribution is 2.29. The Hall–Kier alpha value is -2.34. The van der Waals surface area contributed by atoms with Crippen molar-refractivity contribution < 1.29 is 9.13 Å². The van der Waals surface area contributed by atoms with Gasteiger partial charge < -0.3 is 19.9 Å². The first-order chi connectivity index (χ1) is 13.1. The molecule has 2 saturated heterocycles. The number of nitrogens with one attached hydrogen (secondary N) is 1. The summed E-state index contributed by atoms with van der Waals surface area (Å²) >= 11 is 0. The minimum atomic E-state index is -0.187. The van der Waals surface area contributed by atoms with Crippen LogP contribution in [0.2, 0.25) is 0 Å². The van der Waals surface area contributed by atoms with Crippen molar-refractivity contribution in [2.75, 3.05) is 54.5 Å². The molecule has 6 heteroatoms. The number of aromatic nitrogens is 1. The van der Waals surface area contributed by atoms with E-state index in [0.29, 0.717) is 0 Å². The molecule has 0 radical (unpaired) electrons. The van der Waals surface area contributed by atoms with E-state index < -0.39 is 0 Å². The van der Waals surface area contributed by atoms with E-state index in [1.165, 1.54) is 11.8 Å². The van der Waals surface area contributed by atoms with E-state index in [9.17, 15) is 4.39 Å². The van der Waals surface area contributed by atoms with Gasteiger partial charge in [-0.1, -0.05) is 6.07 Å². The molecule has 1 N–H and O–H groups in total. The Balaban J connectivity index is 1.48. The van der Waals surface area contributed by atoms with Crippen LogP contribution in [0.1, 0.15) is 19.8 Å². The van der Waals surface area contributed by atoms with Crippen molar-refractivity contribution in [3.63, 3.8) is 0 Å². The van der Waals surface area contributed by atoms with Gasteiger partial charge in [0.25, 0.3) is 0 Å². The third kappa shape index (κ3) is 4.33. The number of nitrogens with zero attached hydrogens (tertiary/aromatic N) is 3. The number of hydrogen-bond acceptors (Lipinski definition) is 5. The van der Waals surface area contributed by atoms with Crippen LogP contribution in [0.25, 0.3) is 0 Å². The van der Waals surface area contributed by atoms with Crippen LogP contribution in [0.15, 0.2) is 42.6 Å². The molecule has 1 unspecified atom stereocenters. The monoisotopic (exact) mass is 370 g/mol. The van der Waals surface area contributed by atoms with Gasteiger partial charge in [-0.3, -0.25) is 0 Å². The zero-order valence-electron chi connectivity index (χ0n) is 15.8. The number of pyridine rings is 1. The van der Waals surface area contributed by atoms with Crippen LogP contribution < -0.4 is 15.1 Å². The summed E-state index contributed by atoms with van der Waals surface area (Å²) in [5.41, 5.74) is 2.01. The highest BCUT2D eigenvalue weighted by atomic mass is 19.1. The van der Waals surface area contributed by atoms with Crippen LogP contribution >= 0.6 is 0 Å². The van der Waals surface area contributed by atoms with Crippen molar-refractivity contribution in [2.45, 2.75) is 25.3 Å². The number of piperidine rings is 1. The topological polar surface area (TPSA) is 40.6 Å². The average Bonchev–Trinajstić information content (AvgIpc) is 2.68. The Labute approximate surface area is 160 Å². The summed E-state index contributed by atoms with van der Waals surface area (Å²) in [5.74, 6) is 0.704. The lowest BCUT2D eigenvalue weighted by atomic mass is 9.90. The van der Waals surface area contributed by atoms with E-state index in [0.717, 1.165) is 63.7 Å². The molecule has 1 aromatic heterocycles. The Morgan fingerprint density at radius 1 is 1.07 bits per heavy atom. The molecule has 5 nitrogen and oxygen atoms in total. The fourth-order valence-corrected chi connectivity index (χ4v) is 4.05. The normalized spacial score (nSPS) is 23.3. The van der Waals surface area contributed by atoms with Gasteiger partial charge in [-0.05, 0) is 44.0 Å². The fraction of sp³-hybridized carbons (Fsp3) is 0.476. The summed E-state index contributed by atoms with van der Waals surface area (Å²) in [4.78, 5) is 9.13. The van der Waals surface area contributed by atoms with Crippen LogP contribution in [-0.4, -0.2) is 49.9 Å². The third-order valence-corrected chi connectivity index (χ3v) is 5.42. The zero-order valence-corrected chi connectivity index (χ0v) is 15.8. The maximum Gasteiger partial charge on any atom is 0.128 e. The van der Waals surface area contributed by atoms with Crippen LogP contribution in [0.4, 0.5) is 21.6 Å². The van der Waals surface area contributed by atoms with Gasteiger partial charge in [0.1, 0.15) is 11.6 Å². The number of anilines is 3. The molecule has 1 atom stereocenters. The van der Waals surface area contributed by atoms with Gasteiger partial charge in [0.15, 0.2) is 0 Å². The van der Waals surface area contributed by atoms with E-state index in [1.54, 1.807) is 12.1 Å². The lowest BCUT2D eigenvalue weighted by Gasteiger charge is -2.42. The molecule has 2 fully saturated rings. The quantitative estimate of drug-likeness (QED) is 0.892. The van der Waals surface area contributed by atoms with Gasteiger partial charge in [0.2, 0.25) is 0 Å². The van der Waals surface area contributed by atoms with E-state index in [2.05, 4.69) is 39.2 Å². The number of hydrogen-bond donors (Lipinski definition) is 1. The Bertz CT molecular complexity index is 780. The largest absolute Gasteiger partial charge is 0.378 e. The van der Waals surface area contributed by atoms with Gasteiger partial charge in [-0.15, -0.1) is 0 Å². The number of benzene rings is 1. The highest BCUT2D eigenvalue weighted by molar-refractivity contribution is 5.56. The van der Waals surface area contributed by atoms with Gasteiger partial charge in [0, 0.05) is 49.8 Å². The fourth-order valence-electron chi connectivity index (χ4n) is 4.05. The molecule has 3 heterocycles. The lowest BCUT2D eigenvalue weighted by molar-refractivity contribution is 0.122. The van der Waals surface area contributed by atoms with Crippen LogP contribution in [0, 0.1) is 5.82 Å². The van der Waals surface area contributed by atoms with E-state index in [4.69, 9.17) is 4.74 Å². The molecule has 2 aliphatic rings. The van der Waals surface area contributed by atoms with E-state index >= 15 is 0 Å². The third-order valence-electron chi connectivity index (χ3n) is 5.42. The zero-order chi connectivity index (χ0) is 18.7. The second kappa shape index (κ2) is 7.72. The maximum absolute atomic E-state index is 13.6. The van der Waals surface area contributed by atoms with E-state index in [1.807, 2.05) is 12.3 Å². The van der Waals surface area contributed by atoms with Crippen molar-refractivity contribution in [3.8, 4) is 0 Å². The molecule has 0 aliphatic carbocycles. The first kappa shape index (κ1) is 18.0. The maximum atomic E-state index is 13.6. The van der Waals surface area contributed by atoms with Gasteiger partial charge in [-0.25, -0.2) is 9.37 Å². The number of halogens is 1. The van der Waals surface area contributed by atoms with Crippen LogP contribution in [0.3, 0.4) is 0 Å². The van der Waals surface area contributed by atoms with Crippen molar-refractivity contribution in [2.24, 2.45) is 0 Å². The second-order valence-corrected chi connectivity index (χ2v) is 7.69. The molecule has 1 aromatic carbocycles. The summed E-state index contributed by atoms with van der Waals surface area (Å²) < 4.78 is 19.1. The van der Waals surface area contributed by atoms with Crippen molar-refractivity contribution in [1.29, 1.82) is 0 Å². The Kier molecular flexibility index (Phi) is 5.16. The smallest absolute Gasteiger partial charge is 0.128 e. The van der Waals surface area contributed by atoms with E-state index in [-0.39, 0.29) is 11.4 Å². The minimum Gasteiger partial charge on any atom is -0.378 e. The molecule has 2 aromatic rings. The molecule has 0 amide bonds. The predicted molar refractivity (Wildman–Crippen MR) is 107 cm³/mol. The summed E-state index contributed by atoms with van der Waals surface area (Å²) in [6, 6.07) is 11.0. The van der Waals surface area contributed by atoms with Crippen molar-refractivity contribution in [1.82, 2.24) is 4.98 Å². The molecule has 4 rings (SSSR count). The molecular formula is C21H27FN4O. The summed E-state index contributed by atoms with van der Waals surface area (Å²) in [6.07, 6.45) is 3.98. The molecule has 0 bridgehead atoms. The van der Waals surface area contributed by atoms with Gasteiger partial charge in [-0.2, -0.15) is 0 Å². The predicted octanol–water partition coefficient (Wildman–Crippen LogP) is 3.53. The minimum absolute atomic E-state index is 0.110. The second-order valence-electron chi connectivity index (χ2n) is 7.69. The lowest BCUT2D eigenvalue weighted by Crippen LogP contribution is -2.51. The molecule has 2 aliphatic heterocycles. The van der Waals surface area contributed by atoms with Gasteiger partial charge in [0.05, 0.1) is 18.8 Å². The molecular weight excluding hydrogens is 343 g/mol. The van der Waals surface area contributed by atoms with Crippen molar-refractivity contribution in [3.05, 3.63) is 48.4 Å². The summed E-state index contributed by atoms with van der Waals surface area (Å²) in [5, 5.41) is 3.65. The van der Waals surface area contributed by atoms with Gasteiger partial charge >= 0.3 is 0 Å². The first-order valence-electron chi connectivity index (χ1n) is 9.69. The Morgan fingerprint density at radius 2 is 1.89 bits per heavy atom.